The third-order valence-corrected chi connectivity index (χ3v) is 3.76. The highest BCUT2D eigenvalue weighted by Gasteiger charge is 2.25. The van der Waals surface area contributed by atoms with Crippen LogP contribution in [0.4, 0.5) is 5.88 Å². The van der Waals surface area contributed by atoms with Crippen molar-refractivity contribution in [1.29, 1.82) is 0 Å². The molecule has 0 aliphatic carbocycles. The van der Waals surface area contributed by atoms with Crippen molar-refractivity contribution in [1.82, 2.24) is 20.3 Å². The molecule has 1 aliphatic heterocycles. The number of rotatable bonds is 4. The summed E-state index contributed by atoms with van der Waals surface area (Å²) in [6.45, 7) is 3.95. The van der Waals surface area contributed by atoms with Gasteiger partial charge in [0.1, 0.15) is 5.69 Å². The predicted molar refractivity (Wildman–Crippen MR) is 79.2 cm³/mol. The van der Waals surface area contributed by atoms with E-state index in [4.69, 9.17) is 15.0 Å². The van der Waals surface area contributed by atoms with E-state index in [1.54, 1.807) is 13.1 Å². The highest BCUT2D eigenvalue weighted by molar-refractivity contribution is 6.00. The fourth-order valence-electron chi connectivity index (χ4n) is 2.63. The Balaban J connectivity index is 1.88. The van der Waals surface area contributed by atoms with E-state index in [1.165, 1.54) is 0 Å². The van der Waals surface area contributed by atoms with Gasteiger partial charge in [-0.2, -0.15) is 5.10 Å². The molecular formula is C14H19N5O3. The number of piperidine rings is 1. The number of anilines is 1. The molecule has 1 saturated heterocycles. The summed E-state index contributed by atoms with van der Waals surface area (Å²) in [5, 5.41) is 11.6. The van der Waals surface area contributed by atoms with Crippen LogP contribution in [0.15, 0.2) is 16.9 Å². The Bertz CT molecular complexity index is 657. The van der Waals surface area contributed by atoms with Crippen LogP contribution in [-0.2, 0) is 4.74 Å². The van der Waals surface area contributed by atoms with Crippen LogP contribution in [0.2, 0.25) is 0 Å². The SMILES string of the molecule is CCOC(=O)c1c(-c2cnn(C3CCNCC3)c2)noc1N. The van der Waals surface area contributed by atoms with Crippen LogP contribution in [0.3, 0.4) is 0 Å². The Hall–Kier alpha value is -2.35. The van der Waals surface area contributed by atoms with E-state index >= 15 is 0 Å². The first-order valence-electron chi connectivity index (χ1n) is 7.38. The first-order chi connectivity index (χ1) is 10.7. The fourth-order valence-corrected chi connectivity index (χ4v) is 2.63. The number of esters is 1. The molecule has 22 heavy (non-hydrogen) atoms. The van der Waals surface area contributed by atoms with Gasteiger partial charge in [-0.25, -0.2) is 4.79 Å². The van der Waals surface area contributed by atoms with Gasteiger partial charge in [-0.05, 0) is 32.9 Å². The minimum atomic E-state index is -0.536. The van der Waals surface area contributed by atoms with Crippen LogP contribution >= 0.6 is 0 Å². The zero-order valence-corrected chi connectivity index (χ0v) is 12.4. The van der Waals surface area contributed by atoms with E-state index in [9.17, 15) is 4.79 Å². The number of carbonyl (C=O) groups excluding carboxylic acids is 1. The summed E-state index contributed by atoms with van der Waals surface area (Å²) < 4.78 is 11.9. The lowest BCUT2D eigenvalue weighted by Gasteiger charge is -2.22. The predicted octanol–water partition coefficient (Wildman–Crippen LogP) is 1.22. The molecule has 0 bridgehead atoms. The molecule has 2 aromatic rings. The van der Waals surface area contributed by atoms with Gasteiger partial charge in [-0.1, -0.05) is 5.16 Å². The van der Waals surface area contributed by atoms with Crippen molar-refractivity contribution in [2.24, 2.45) is 0 Å². The molecule has 0 unspecified atom stereocenters. The lowest BCUT2D eigenvalue weighted by molar-refractivity contribution is 0.0528. The van der Waals surface area contributed by atoms with E-state index in [0.29, 0.717) is 17.3 Å². The Morgan fingerprint density at radius 2 is 2.32 bits per heavy atom. The molecule has 0 spiro atoms. The summed E-state index contributed by atoms with van der Waals surface area (Å²) in [7, 11) is 0. The van der Waals surface area contributed by atoms with Gasteiger partial charge in [-0.15, -0.1) is 0 Å². The number of hydrogen-bond acceptors (Lipinski definition) is 7. The molecule has 1 aliphatic rings. The zero-order valence-electron chi connectivity index (χ0n) is 12.4. The number of nitrogens with one attached hydrogen (secondary N) is 1. The lowest BCUT2D eigenvalue weighted by atomic mass is 10.1. The van der Waals surface area contributed by atoms with Gasteiger partial charge >= 0.3 is 5.97 Å². The third kappa shape index (κ3) is 2.69. The van der Waals surface area contributed by atoms with Gasteiger partial charge < -0.3 is 20.3 Å². The van der Waals surface area contributed by atoms with E-state index < -0.39 is 5.97 Å². The molecule has 0 aromatic carbocycles. The standard InChI is InChI=1S/C14H19N5O3/c1-2-21-14(20)11-12(18-22-13(11)15)9-7-17-19(8-9)10-3-5-16-6-4-10/h7-8,10,16H,2-6,15H2,1H3. The van der Waals surface area contributed by atoms with Crippen molar-refractivity contribution in [2.75, 3.05) is 25.4 Å². The Kier molecular flexibility index (Phi) is 4.10. The first kappa shape index (κ1) is 14.6. The van der Waals surface area contributed by atoms with Gasteiger partial charge in [0.2, 0.25) is 5.88 Å². The fraction of sp³-hybridized carbons (Fsp3) is 0.500. The molecule has 3 heterocycles. The van der Waals surface area contributed by atoms with E-state index in [2.05, 4.69) is 15.6 Å². The maximum absolute atomic E-state index is 12.0. The van der Waals surface area contributed by atoms with Crippen molar-refractivity contribution in [2.45, 2.75) is 25.8 Å². The largest absolute Gasteiger partial charge is 0.462 e. The summed E-state index contributed by atoms with van der Waals surface area (Å²) in [6.07, 6.45) is 5.58. The number of aromatic nitrogens is 3. The maximum atomic E-state index is 12.0. The normalized spacial score (nSPS) is 15.9. The number of carbonyl (C=O) groups is 1. The molecule has 0 atom stereocenters. The molecule has 0 amide bonds. The van der Waals surface area contributed by atoms with E-state index in [-0.39, 0.29) is 18.1 Å². The second-order valence-electron chi connectivity index (χ2n) is 5.18. The Morgan fingerprint density at radius 3 is 3.05 bits per heavy atom. The molecule has 3 rings (SSSR count). The van der Waals surface area contributed by atoms with Crippen LogP contribution in [0, 0.1) is 0 Å². The topological polar surface area (TPSA) is 108 Å². The minimum absolute atomic E-state index is 0.0388. The van der Waals surface area contributed by atoms with Gasteiger partial charge in [0.25, 0.3) is 0 Å². The molecule has 1 fully saturated rings. The summed E-state index contributed by atoms with van der Waals surface area (Å²) in [5.74, 6) is -0.575. The number of nitrogens with two attached hydrogens (primary N) is 1. The third-order valence-electron chi connectivity index (χ3n) is 3.76. The monoisotopic (exact) mass is 305 g/mol. The van der Waals surface area contributed by atoms with Gasteiger partial charge in [0, 0.05) is 11.8 Å². The molecule has 2 aromatic heterocycles. The zero-order chi connectivity index (χ0) is 15.5. The summed E-state index contributed by atoms with van der Waals surface area (Å²) in [5.41, 5.74) is 6.92. The van der Waals surface area contributed by atoms with E-state index in [0.717, 1.165) is 25.9 Å². The Labute approximate surface area is 127 Å². The minimum Gasteiger partial charge on any atom is -0.462 e. The Morgan fingerprint density at radius 1 is 1.55 bits per heavy atom. The molecule has 118 valence electrons. The van der Waals surface area contributed by atoms with Crippen molar-refractivity contribution in [3.05, 3.63) is 18.0 Å². The van der Waals surface area contributed by atoms with Crippen LogP contribution < -0.4 is 11.1 Å². The second-order valence-corrected chi connectivity index (χ2v) is 5.18. The summed E-state index contributed by atoms with van der Waals surface area (Å²) >= 11 is 0. The molecule has 8 nitrogen and oxygen atoms in total. The highest BCUT2D eigenvalue weighted by Crippen LogP contribution is 2.29. The summed E-state index contributed by atoms with van der Waals surface area (Å²) in [4.78, 5) is 12.0. The smallest absolute Gasteiger partial charge is 0.346 e. The lowest BCUT2D eigenvalue weighted by Crippen LogP contribution is -2.29. The van der Waals surface area contributed by atoms with Crippen molar-refractivity contribution < 1.29 is 14.1 Å². The van der Waals surface area contributed by atoms with Gasteiger partial charge in [0.05, 0.1) is 18.8 Å². The van der Waals surface area contributed by atoms with Crippen LogP contribution in [-0.4, -0.2) is 40.6 Å². The van der Waals surface area contributed by atoms with Crippen molar-refractivity contribution in [3.8, 4) is 11.3 Å². The van der Waals surface area contributed by atoms with Crippen molar-refractivity contribution in [3.63, 3.8) is 0 Å². The van der Waals surface area contributed by atoms with Gasteiger partial charge in [-0.3, -0.25) is 4.68 Å². The number of ether oxygens (including phenoxy) is 1. The number of nitrogens with zero attached hydrogens (tertiary/aromatic N) is 3. The molecule has 8 heteroatoms. The van der Waals surface area contributed by atoms with Crippen LogP contribution in [0.25, 0.3) is 11.3 Å². The average molecular weight is 305 g/mol. The molecule has 0 saturated carbocycles. The van der Waals surface area contributed by atoms with Gasteiger partial charge in [0.15, 0.2) is 5.56 Å². The number of hydrogen-bond donors (Lipinski definition) is 2. The molecular weight excluding hydrogens is 286 g/mol. The maximum Gasteiger partial charge on any atom is 0.346 e. The summed E-state index contributed by atoms with van der Waals surface area (Å²) in [6, 6.07) is 0.352. The second kappa shape index (κ2) is 6.18. The quantitative estimate of drug-likeness (QED) is 0.817. The van der Waals surface area contributed by atoms with Crippen LogP contribution in [0.1, 0.15) is 36.2 Å². The highest BCUT2D eigenvalue weighted by atomic mass is 16.5. The molecule has 0 radical (unpaired) electrons. The number of nitrogen functional groups attached to an aromatic ring is 1. The average Bonchev–Trinajstić information content (AvgIpc) is 3.15. The van der Waals surface area contributed by atoms with E-state index in [1.807, 2.05) is 10.9 Å². The first-order valence-corrected chi connectivity index (χ1v) is 7.38. The van der Waals surface area contributed by atoms with Crippen molar-refractivity contribution >= 4 is 11.9 Å². The van der Waals surface area contributed by atoms with Crippen LogP contribution in [0.5, 0.6) is 0 Å². The molecule has 3 N–H and O–H groups in total.